The minimum atomic E-state index is -0.197. The first-order valence-electron chi connectivity index (χ1n) is 7.43. The van der Waals surface area contributed by atoms with Crippen LogP contribution in [0.3, 0.4) is 0 Å². The Balaban J connectivity index is 2.13. The average Bonchev–Trinajstić information content (AvgIpc) is 2.50. The third-order valence-electron chi connectivity index (χ3n) is 2.62. The Morgan fingerprint density at radius 1 is 1.23 bits per heavy atom. The molecule has 5 nitrogen and oxygen atoms in total. The molecule has 0 bridgehead atoms. The lowest BCUT2D eigenvalue weighted by atomic mass is 10.4. The number of nitrogens with zero attached hydrogens (tertiary/aromatic N) is 1. The Morgan fingerprint density at radius 2 is 1.91 bits per heavy atom. The van der Waals surface area contributed by atoms with Crippen molar-refractivity contribution in [3.8, 4) is 0 Å². The summed E-state index contributed by atoms with van der Waals surface area (Å²) in [7, 11) is 1.71. The Hall–Kier alpha value is -1.69. The van der Waals surface area contributed by atoms with E-state index in [1.807, 2.05) is 32.0 Å². The molecule has 0 radical (unpaired) electrons. The molecule has 0 atom stereocenters. The number of nitrogens with one attached hydrogen (secondary N) is 2. The van der Waals surface area contributed by atoms with Gasteiger partial charge in [-0.05, 0) is 26.0 Å². The van der Waals surface area contributed by atoms with E-state index in [1.54, 1.807) is 18.8 Å². The highest BCUT2D eigenvalue weighted by Crippen LogP contribution is 2.15. The maximum absolute atomic E-state index is 11.4. The van der Waals surface area contributed by atoms with Crippen LogP contribution < -0.4 is 10.6 Å². The Morgan fingerprint density at radius 3 is 2.55 bits per heavy atom. The van der Waals surface area contributed by atoms with E-state index >= 15 is 0 Å². The first-order chi connectivity index (χ1) is 10.6. The molecule has 0 aromatic heterocycles. The second-order valence-electron chi connectivity index (χ2n) is 4.88. The van der Waals surface area contributed by atoms with Gasteiger partial charge in [0, 0.05) is 30.8 Å². The fraction of sp³-hybridized carbons (Fsp3) is 0.500. The van der Waals surface area contributed by atoms with Crippen LogP contribution in [-0.4, -0.2) is 43.9 Å². The number of thioether (sulfide) groups is 1. The highest BCUT2D eigenvalue weighted by Gasteiger charge is 2.05. The largest absolute Gasteiger partial charge is 0.463 e. The number of ether oxygens (including phenoxy) is 1. The molecular formula is C16H25N3O2S. The van der Waals surface area contributed by atoms with Gasteiger partial charge in [0.25, 0.3) is 0 Å². The molecule has 0 aliphatic heterocycles. The number of carbonyl (C=O) groups excluding carboxylic acids is 1. The van der Waals surface area contributed by atoms with E-state index in [9.17, 15) is 4.79 Å². The summed E-state index contributed by atoms with van der Waals surface area (Å²) in [5.74, 6) is 1.45. The molecule has 6 heteroatoms. The average molecular weight is 323 g/mol. The highest BCUT2D eigenvalue weighted by atomic mass is 32.2. The molecule has 22 heavy (non-hydrogen) atoms. The van der Waals surface area contributed by atoms with E-state index < -0.39 is 0 Å². The second kappa shape index (κ2) is 11.0. The van der Waals surface area contributed by atoms with Crippen LogP contribution >= 0.6 is 11.8 Å². The fourth-order valence-corrected chi connectivity index (χ4v) is 2.47. The predicted molar refractivity (Wildman–Crippen MR) is 92.4 cm³/mol. The molecule has 0 spiro atoms. The van der Waals surface area contributed by atoms with Crippen LogP contribution in [0.1, 0.15) is 20.3 Å². The maximum Gasteiger partial charge on any atom is 0.307 e. The second-order valence-corrected chi connectivity index (χ2v) is 6.04. The molecule has 0 aliphatic rings. The summed E-state index contributed by atoms with van der Waals surface area (Å²) in [6.45, 7) is 5.00. The van der Waals surface area contributed by atoms with Gasteiger partial charge in [-0.1, -0.05) is 18.2 Å². The number of carbonyl (C=O) groups is 1. The van der Waals surface area contributed by atoms with Crippen molar-refractivity contribution in [2.24, 2.45) is 4.99 Å². The minimum absolute atomic E-state index is 0.0695. The van der Waals surface area contributed by atoms with E-state index in [4.69, 9.17) is 4.74 Å². The predicted octanol–water partition coefficient (Wildman–Crippen LogP) is 2.29. The van der Waals surface area contributed by atoms with E-state index in [1.165, 1.54) is 4.90 Å². The zero-order valence-electron chi connectivity index (χ0n) is 13.5. The quantitative estimate of drug-likeness (QED) is 0.253. The van der Waals surface area contributed by atoms with Crippen molar-refractivity contribution in [3.63, 3.8) is 0 Å². The summed E-state index contributed by atoms with van der Waals surface area (Å²) < 4.78 is 5.07. The summed E-state index contributed by atoms with van der Waals surface area (Å²) in [5, 5.41) is 6.32. The van der Waals surface area contributed by atoms with Crippen molar-refractivity contribution in [1.29, 1.82) is 0 Å². The summed E-state index contributed by atoms with van der Waals surface area (Å²) in [6.07, 6.45) is 0.262. The Bertz CT molecular complexity index is 464. The zero-order chi connectivity index (χ0) is 16.2. The normalized spacial score (nSPS) is 11.4. The first-order valence-corrected chi connectivity index (χ1v) is 8.42. The molecule has 2 N–H and O–H groups in total. The van der Waals surface area contributed by atoms with Gasteiger partial charge in [0.05, 0.1) is 12.5 Å². The molecule has 0 unspecified atom stereocenters. The first kappa shape index (κ1) is 18.4. The molecule has 1 aromatic carbocycles. The maximum atomic E-state index is 11.4. The SMILES string of the molecule is CN=C(NCCSc1ccccc1)NCCC(=O)OC(C)C. The summed E-state index contributed by atoms with van der Waals surface area (Å²) in [5.41, 5.74) is 0. The third kappa shape index (κ3) is 8.56. The van der Waals surface area contributed by atoms with E-state index in [0.717, 1.165) is 12.3 Å². The number of benzene rings is 1. The van der Waals surface area contributed by atoms with Gasteiger partial charge in [0.1, 0.15) is 0 Å². The molecule has 0 fully saturated rings. The summed E-state index contributed by atoms with van der Waals surface area (Å²) in [4.78, 5) is 16.8. The molecule has 1 rings (SSSR count). The Kier molecular flexibility index (Phi) is 9.14. The molecule has 0 aliphatic carbocycles. The highest BCUT2D eigenvalue weighted by molar-refractivity contribution is 7.99. The fourth-order valence-electron chi connectivity index (χ4n) is 1.68. The smallest absolute Gasteiger partial charge is 0.307 e. The number of hydrogen-bond acceptors (Lipinski definition) is 4. The van der Waals surface area contributed by atoms with Gasteiger partial charge >= 0.3 is 5.97 Å². The van der Waals surface area contributed by atoms with Gasteiger partial charge in [-0.3, -0.25) is 9.79 Å². The lowest BCUT2D eigenvalue weighted by molar-refractivity contribution is -0.147. The number of aliphatic imine (C=N–C) groups is 1. The zero-order valence-corrected chi connectivity index (χ0v) is 14.3. The van der Waals surface area contributed by atoms with Gasteiger partial charge in [0.2, 0.25) is 0 Å². The molecule has 1 aromatic rings. The van der Waals surface area contributed by atoms with Crippen LogP contribution in [0, 0.1) is 0 Å². The van der Waals surface area contributed by atoms with Crippen molar-refractivity contribution in [2.75, 3.05) is 25.9 Å². The number of rotatable bonds is 8. The summed E-state index contributed by atoms with van der Waals surface area (Å²) >= 11 is 1.79. The lowest BCUT2D eigenvalue weighted by Gasteiger charge is -2.12. The standard InChI is InChI=1S/C16H25N3O2S/c1-13(2)21-15(20)9-10-18-16(17-3)19-11-12-22-14-7-5-4-6-8-14/h4-8,13H,9-12H2,1-3H3,(H2,17,18,19). The van der Waals surface area contributed by atoms with Crippen LogP contribution in [0.15, 0.2) is 40.2 Å². The van der Waals surface area contributed by atoms with Crippen LogP contribution in [-0.2, 0) is 9.53 Å². The van der Waals surface area contributed by atoms with Crippen molar-refractivity contribution >= 4 is 23.7 Å². The van der Waals surface area contributed by atoms with Crippen LogP contribution in [0.25, 0.3) is 0 Å². The number of hydrogen-bond donors (Lipinski definition) is 2. The number of esters is 1. The van der Waals surface area contributed by atoms with Crippen molar-refractivity contribution < 1.29 is 9.53 Å². The number of guanidine groups is 1. The van der Waals surface area contributed by atoms with Crippen molar-refractivity contribution in [1.82, 2.24) is 10.6 Å². The van der Waals surface area contributed by atoms with E-state index in [-0.39, 0.29) is 12.1 Å². The van der Waals surface area contributed by atoms with E-state index in [2.05, 4.69) is 27.8 Å². The van der Waals surface area contributed by atoms with Gasteiger partial charge in [-0.25, -0.2) is 0 Å². The van der Waals surface area contributed by atoms with Gasteiger partial charge in [0.15, 0.2) is 5.96 Å². The minimum Gasteiger partial charge on any atom is -0.463 e. The monoisotopic (exact) mass is 323 g/mol. The molecule has 0 amide bonds. The van der Waals surface area contributed by atoms with Crippen molar-refractivity contribution in [2.45, 2.75) is 31.3 Å². The van der Waals surface area contributed by atoms with E-state index in [0.29, 0.717) is 18.9 Å². The molecule has 122 valence electrons. The molecule has 0 saturated carbocycles. The molecule has 0 saturated heterocycles. The third-order valence-corrected chi connectivity index (χ3v) is 3.63. The Labute approximate surface area is 136 Å². The van der Waals surface area contributed by atoms with Crippen molar-refractivity contribution in [3.05, 3.63) is 30.3 Å². The molecular weight excluding hydrogens is 298 g/mol. The van der Waals surface area contributed by atoms with Crippen LogP contribution in [0.5, 0.6) is 0 Å². The topological polar surface area (TPSA) is 62.7 Å². The van der Waals surface area contributed by atoms with Crippen LogP contribution in [0.4, 0.5) is 0 Å². The summed E-state index contributed by atoms with van der Waals surface area (Å²) in [6, 6.07) is 10.3. The lowest BCUT2D eigenvalue weighted by Crippen LogP contribution is -2.39. The van der Waals surface area contributed by atoms with Crippen LogP contribution in [0.2, 0.25) is 0 Å². The van der Waals surface area contributed by atoms with Gasteiger partial charge < -0.3 is 15.4 Å². The molecule has 0 heterocycles. The van der Waals surface area contributed by atoms with Gasteiger partial charge in [-0.2, -0.15) is 0 Å². The van der Waals surface area contributed by atoms with Gasteiger partial charge in [-0.15, -0.1) is 11.8 Å².